The van der Waals surface area contributed by atoms with Gasteiger partial charge in [0.1, 0.15) is 0 Å². The van der Waals surface area contributed by atoms with Crippen LogP contribution < -0.4 is 0 Å². The van der Waals surface area contributed by atoms with E-state index in [1.54, 1.807) is 11.8 Å². The molecule has 0 saturated carbocycles. The number of hydrogen-bond donors (Lipinski definition) is 0. The lowest BCUT2D eigenvalue weighted by molar-refractivity contribution is 0.995. The summed E-state index contributed by atoms with van der Waals surface area (Å²) in [6, 6.07) is 8.23. The van der Waals surface area contributed by atoms with Crippen LogP contribution in [0.5, 0.6) is 0 Å². The first-order valence-corrected chi connectivity index (χ1v) is 5.91. The predicted molar refractivity (Wildman–Crippen MR) is 65.9 cm³/mol. The monoisotopic (exact) mass is 219 g/mol. The number of thioether (sulfide) groups is 1. The van der Waals surface area contributed by atoms with Gasteiger partial charge in [0.25, 0.3) is 0 Å². The van der Waals surface area contributed by atoms with Gasteiger partial charge in [0.2, 0.25) is 0 Å². The topological polar surface area (TPSA) is 48.8 Å². The predicted octanol–water partition coefficient (Wildman–Crippen LogP) is 4.12. The number of hydrogen-bond acceptors (Lipinski definition) is 2. The molecule has 0 atom stereocenters. The fourth-order valence-corrected chi connectivity index (χ4v) is 1.78. The summed E-state index contributed by atoms with van der Waals surface area (Å²) in [7, 11) is 0. The molecule has 78 valence electrons. The van der Waals surface area contributed by atoms with Crippen molar-refractivity contribution in [3.63, 3.8) is 0 Å². The molecule has 3 nitrogen and oxygen atoms in total. The molecule has 1 aromatic rings. The van der Waals surface area contributed by atoms with E-state index in [0.29, 0.717) is 6.54 Å². The molecule has 0 aliphatic carbocycles. The van der Waals surface area contributed by atoms with E-state index in [2.05, 4.69) is 34.5 Å². The Balaban J connectivity index is 2.59. The van der Waals surface area contributed by atoms with E-state index in [1.165, 1.54) is 10.5 Å². The van der Waals surface area contributed by atoms with Crippen LogP contribution in [0.15, 0.2) is 40.4 Å². The lowest BCUT2D eigenvalue weighted by atomic mass is 10.2. The standard InChI is InChI=1S/C11H13N3S/c1-15-11-8-3-2-6-10(11)7-4-5-9-13-14-12/h2-4,6-8H,5,9H2,1H3. The van der Waals surface area contributed by atoms with Crippen LogP contribution >= 0.6 is 11.8 Å². The maximum absolute atomic E-state index is 8.10. The van der Waals surface area contributed by atoms with Crippen LogP contribution in [0, 0.1) is 0 Å². The normalized spacial score (nSPS) is 10.2. The molecule has 0 saturated heterocycles. The molecule has 0 aliphatic rings. The maximum Gasteiger partial charge on any atom is 0.0292 e. The molecule has 15 heavy (non-hydrogen) atoms. The summed E-state index contributed by atoms with van der Waals surface area (Å²) in [5.41, 5.74) is 9.31. The van der Waals surface area contributed by atoms with E-state index in [9.17, 15) is 0 Å². The minimum atomic E-state index is 0.522. The highest BCUT2D eigenvalue weighted by molar-refractivity contribution is 7.98. The minimum absolute atomic E-state index is 0.522. The van der Waals surface area contributed by atoms with Crippen LogP contribution in [-0.2, 0) is 0 Å². The van der Waals surface area contributed by atoms with Gasteiger partial charge >= 0.3 is 0 Å². The Morgan fingerprint density at radius 2 is 2.27 bits per heavy atom. The number of benzene rings is 1. The molecule has 1 aromatic carbocycles. The molecule has 1 rings (SSSR count). The lowest BCUT2D eigenvalue weighted by Crippen LogP contribution is -1.78. The second-order valence-corrected chi connectivity index (χ2v) is 3.74. The van der Waals surface area contributed by atoms with E-state index in [0.717, 1.165) is 6.42 Å². The van der Waals surface area contributed by atoms with Gasteiger partial charge in [0.15, 0.2) is 0 Å². The zero-order valence-corrected chi connectivity index (χ0v) is 9.44. The summed E-state index contributed by atoms with van der Waals surface area (Å²) >= 11 is 1.73. The van der Waals surface area contributed by atoms with Gasteiger partial charge in [-0.25, -0.2) is 0 Å². The quantitative estimate of drug-likeness (QED) is 0.241. The van der Waals surface area contributed by atoms with E-state index in [-0.39, 0.29) is 0 Å². The summed E-state index contributed by atoms with van der Waals surface area (Å²) < 4.78 is 0. The summed E-state index contributed by atoms with van der Waals surface area (Å²) in [6.45, 7) is 0.522. The Morgan fingerprint density at radius 1 is 1.47 bits per heavy atom. The Hall–Kier alpha value is -1.38. The van der Waals surface area contributed by atoms with E-state index in [1.807, 2.05) is 18.2 Å². The van der Waals surface area contributed by atoms with Crippen molar-refractivity contribution in [3.05, 3.63) is 46.3 Å². The molecule has 4 heteroatoms. The molecule has 0 radical (unpaired) electrons. The summed E-state index contributed by atoms with van der Waals surface area (Å²) in [5.74, 6) is 0. The van der Waals surface area contributed by atoms with Crippen molar-refractivity contribution in [3.8, 4) is 0 Å². The van der Waals surface area contributed by atoms with Crippen molar-refractivity contribution >= 4 is 17.8 Å². The Labute approximate surface area is 93.8 Å². The van der Waals surface area contributed by atoms with Crippen LogP contribution in [0.3, 0.4) is 0 Å². The van der Waals surface area contributed by atoms with Gasteiger partial charge in [-0.15, -0.1) is 11.8 Å². The van der Waals surface area contributed by atoms with Crippen LogP contribution in [0.4, 0.5) is 0 Å². The Bertz CT molecular complexity index is 381. The van der Waals surface area contributed by atoms with E-state index < -0.39 is 0 Å². The first kappa shape index (κ1) is 11.7. The molecule has 0 fully saturated rings. The third-order valence-electron chi connectivity index (χ3n) is 1.90. The fraction of sp³-hybridized carbons (Fsp3) is 0.273. The first-order chi connectivity index (χ1) is 7.38. The largest absolute Gasteiger partial charge is 0.129 e. The van der Waals surface area contributed by atoms with Gasteiger partial charge in [-0.2, -0.15) is 0 Å². The molecule has 0 spiro atoms. The Kier molecular flexibility index (Phi) is 5.44. The molecule has 0 unspecified atom stereocenters. The zero-order valence-electron chi connectivity index (χ0n) is 8.63. The highest BCUT2D eigenvalue weighted by atomic mass is 32.2. The van der Waals surface area contributed by atoms with Crippen molar-refractivity contribution in [2.24, 2.45) is 5.11 Å². The number of nitrogens with zero attached hydrogens (tertiary/aromatic N) is 3. The average molecular weight is 219 g/mol. The van der Waals surface area contributed by atoms with Gasteiger partial charge in [-0.05, 0) is 29.8 Å². The summed E-state index contributed by atoms with van der Waals surface area (Å²) in [4.78, 5) is 3.96. The van der Waals surface area contributed by atoms with E-state index in [4.69, 9.17) is 5.53 Å². The van der Waals surface area contributed by atoms with Crippen molar-refractivity contribution in [2.75, 3.05) is 12.8 Å². The molecule has 0 N–H and O–H groups in total. The molecule has 0 amide bonds. The van der Waals surface area contributed by atoms with Crippen LogP contribution in [0.2, 0.25) is 0 Å². The van der Waals surface area contributed by atoms with E-state index >= 15 is 0 Å². The smallest absolute Gasteiger partial charge is 0.0292 e. The molecular formula is C11H13N3S. The second kappa shape index (κ2) is 6.98. The molecule has 0 heterocycles. The van der Waals surface area contributed by atoms with Crippen molar-refractivity contribution in [2.45, 2.75) is 11.3 Å². The van der Waals surface area contributed by atoms with Gasteiger partial charge in [0.05, 0.1) is 0 Å². The highest BCUT2D eigenvalue weighted by Gasteiger charge is 1.94. The summed E-state index contributed by atoms with van der Waals surface area (Å²) in [6.07, 6.45) is 6.95. The third kappa shape index (κ3) is 4.11. The van der Waals surface area contributed by atoms with Crippen molar-refractivity contribution in [1.82, 2.24) is 0 Å². The van der Waals surface area contributed by atoms with Gasteiger partial charge in [-0.3, -0.25) is 0 Å². The Morgan fingerprint density at radius 3 is 3.00 bits per heavy atom. The number of rotatable bonds is 5. The maximum atomic E-state index is 8.10. The first-order valence-electron chi connectivity index (χ1n) is 4.69. The average Bonchev–Trinajstić information content (AvgIpc) is 2.29. The number of azide groups is 1. The van der Waals surface area contributed by atoms with Crippen LogP contribution in [0.25, 0.3) is 16.5 Å². The van der Waals surface area contributed by atoms with Crippen molar-refractivity contribution in [1.29, 1.82) is 0 Å². The van der Waals surface area contributed by atoms with Gasteiger partial charge in [0, 0.05) is 16.4 Å². The molecular weight excluding hydrogens is 206 g/mol. The molecule has 0 bridgehead atoms. The second-order valence-electron chi connectivity index (χ2n) is 2.89. The molecule has 0 aromatic heterocycles. The highest BCUT2D eigenvalue weighted by Crippen LogP contribution is 2.20. The van der Waals surface area contributed by atoms with Gasteiger partial charge < -0.3 is 0 Å². The lowest BCUT2D eigenvalue weighted by Gasteiger charge is -2.00. The third-order valence-corrected chi connectivity index (χ3v) is 2.71. The van der Waals surface area contributed by atoms with Crippen LogP contribution in [0.1, 0.15) is 12.0 Å². The van der Waals surface area contributed by atoms with Gasteiger partial charge in [-0.1, -0.05) is 35.5 Å². The minimum Gasteiger partial charge on any atom is -0.129 e. The fourth-order valence-electron chi connectivity index (χ4n) is 1.19. The molecule has 0 aliphatic heterocycles. The summed E-state index contributed by atoms with van der Waals surface area (Å²) in [5, 5.41) is 3.47. The van der Waals surface area contributed by atoms with Crippen molar-refractivity contribution < 1.29 is 0 Å². The zero-order chi connectivity index (χ0) is 10.9. The SMILES string of the molecule is CSc1ccccc1C=CCCN=[N+]=[N-]. The van der Waals surface area contributed by atoms with Crippen LogP contribution in [-0.4, -0.2) is 12.8 Å².